The molecule has 3 atom stereocenters. The van der Waals surface area contributed by atoms with Crippen LogP contribution in [0.5, 0.6) is 5.75 Å². The van der Waals surface area contributed by atoms with Crippen molar-refractivity contribution in [3.8, 4) is 5.75 Å². The van der Waals surface area contributed by atoms with E-state index in [-0.39, 0.29) is 115 Å². The number of alkyl halides is 2. The maximum absolute atomic E-state index is 14.2. The molecule has 94 heavy (non-hydrogen) atoms. The summed E-state index contributed by atoms with van der Waals surface area (Å²) in [5.74, 6) is -7.84. The normalized spacial score (nSPS) is 18.1. The van der Waals surface area contributed by atoms with Crippen LogP contribution in [0.1, 0.15) is 82.3 Å². The lowest BCUT2D eigenvalue weighted by atomic mass is 9.92. The fraction of sp³-hybridized carbons (Fsp3) is 0.609. The number of aliphatic imine (C=N–C) groups is 2. The Morgan fingerprint density at radius 2 is 1.38 bits per heavy atom. The number of aryl methyl sites for hydroxylation is 1. The highest BCUT2D eigenvalue weighted by Crippen LogP contribution is 2.33. The highest BCUT2D eigenvalue weighted by molar-refractivity contribution is 14.1. The minimum Gasteiger partial charge on any atom is -0.494 e. The number of hydrogen-bond acceptors (Lipinski definition) is 18. The number of allylic oxidation sites excluding steroid dienone is 1. The number of carbonyl (C=O) groups is 9. The summed E-state index contributed by atoms with van der Waals surface area (Å²) in [6.07, 6.45) is 6.98. The topological polar surface area (TPSA) is 336 Å². The molecule has 0 bridgehead atoms. The molecule has 3 aliphatic heterocycles. The molecular formula is C64H93F2IN12O14S. The van der Waals surface area contributed by atoms with Crippen LogP contribution in [0.15, 0.2) is 58.5 Å². The molecule has 3 fully saturated rings. The summed E-state index contributed by atoms with van der Waals surface area (Å²) in [4.78, 5) is 133. The molecule has 5 rings (SSSR count). The summed E-state index contributed by atoms with van der Waals surface area (Å²) >= 11 is 3.53. The lowest BCUT2D eigenvalue weighted by Gasteiger charge is -2.33. The first-order valence-corrected chi connectivity index (χ1v) is 34.1. The van der Waals surface area contributed by atoms with Crippen LogP contribution in [0.4, 0.5) is 14.5 Å². The number of nitrogens with zero attached hydrogens (tertiary/aromatic N) is 8. The largest absolute Gasteiger partial charge is 0.494 e. The van der Waals surface area contributed by atoms with E-state index < -0.39 is 85.2 Å². The number of hydrogen-bond donors (Lipinski definition) is 8. The van der Waals surface area contributed by atoms with Crippen molar-refractivity contribution >= 4 is 112 Å². The van der Waals surface area contributed by atoms with Crippen LogP contribution in [0, 0.1) is 9.49 Å². The Kier molecular flexibility index (Phi) is 34.3. The number of unbranched alkanes of at least 4 members (excludes halogenated alkanes) is 1. The highest BCUT2D eigenvalue weighted by atomic mass is 127. The van der Waals surface area contributed by atoms with Crippen LogP contribution in [0.3, 0.4) is 0 Å². The highest BCUT2D eigenvalue weighted by Gasteiger charge is 2.46. The summed E-state index contributed by atoms with van der Waals surface area (Å²) < 4.78 is 35.5. The number of ether oxygens (including phenoxy) is 1. The van der Waals surface area contributed by atoms with Gasteiger partial charge in [-0.15, -0.1) is 0 Å². The third-order valence-electron chi connectivity index (χ3n) is 16.4. The maximum atomic E-state index is 14.2. The SMILES string of the molecule is C=Nc1ccc(OCCCC2CCN(C(=O)[C@H](O)CSCCNC(=O)C(CCCCNC(=O)CCCc3ccc(I)cc3)NC(=O)CN3CCN(CC(=O)O)CCN(CC(=O)O)CCN(CC(=O)O)CC3)CC2)cc1/C(=C\C)C(=O)NCC(=O)N1CC(F)(F)C[C@@H]1/C=N/C. The second-order valence-electron chi connectivity index (χ2n) is 23.7. The van der Waals surface area contributed by atoms with Gasteiger partial charge in [0.15, 0.2) is 0 Å². The molecule has 26 nitrogen and oxygen atoms in total. The average molecular weight is 1450 g/mol. The molecule has 1 unspecified atom stereocenters. The molecule has 2 aromatic rings. The number of nitrogens with one attached hydrogen (secondary N) is 4. The second-order valence-corrected chi connectivity index (χ2v) is 26.0. The fourth-order valence-corrected chi connectivity index (χ4v) is 12.5. The van der Waals surface area contributed by atoms with Crippen LogP contribution < -0.4 is 26.0 Å². The lowest BCUT2D eigenvalue weighted by Crippen LogP contribution is -2.52. The molecule has 6 amide bonds. The van der Waals surface area contributed by atoms with Gasteiger partial charge in [-0.05, 0) is 136 Å². The van der Waals surface area contributed by atoms with Crippen molar-refractivity contribution in [2.24, 2.45) is 15.9 Å². The van der Waals surface area contributed by atoms with Crippen molar-refractivity contribution in [1.82, 2.24) is 50.7 Å². The maximum Gasteiger partial charge on any atom is 0.317 e. The summed E-state index contributed by atoms with van der Waals surface area (Å²) in [7, 11) is 1.44. The first-order valence-electron chi connectivity index (χ1n) is 31.9. The van der Waals surface area contributed by atoms with E-state index >= 15 is 0 Å². The number of piperidine rings is 1. The van der Waals surface area contributed by atoms with E-state index in [1.807, 2.05) is 24.3 Å². The van der Waals surface area contributed by atoms with E-state index in [2.05, 4.69) is 60.6 Å². The molecule has 0 aromatic heterocycles. The zero-order chi connectivity index (χ0) is 68.6. The number of likely N-dealkylation sites (tertiary alicyclic amines) is 2. The number of rotatable bonds is 36. The van der Waals surface area contributed by atoms with E-state index in [0.29, 0.717) is 87.0 Å². The van der Waals surface area contributed by atoms with Crippen LogP contribution in [-0.2, 0) is 49.6 Å². The van der Waals surface area contributed by atoms with Gasteiger partial charge in [0, 0.05) is 131 Å². The first-order chi connectivity index (χ1) is 44.9. The Morgan fingerprint density at radius 3 is 1.96 bits per heavy atom. The van der Waals surface area contributed by atoms with Gasteiger partial charge < -0.3 is 56.2 Å². The zero-order valence-corrected chi connectivity index (χ0v) is 56.8. The average Bonchev–Trinajstić information content (AvgIpc) is 1.55. The molecule has 0 radical (unpaired) electrons. The van der Waals surface area contributed by atoms with E-state index in [1.54, 1.807) is 55.7 Å². The van der Waals surface area contributed by atoms with Gasteiger partial charge in [-0.25, -0.2) is 8.78 Å². The minimum atomic E-state index is -3.07. The summed E-state index contributed by atoms with van der Waals surface area (Å²) in [6.45, 7) is 6.23. The molecule has 2 aromatic carbocycles. The van der Waals surface area contributed by atoms with Crippen LogP contribution in [0.25, 0.3) is 5.57 Å². The van der Waals surface area contributed by atoms with Gasteiger partial charge in [0.1, 0.15) is 17.9 Å². The number of aliphatic carboxylic acids is 3. The van der Waals surface area contributed by atoms with Crippen molar-refractivity contribution < 1.29 is 77.1 Å². The van der Waals surface area contributed by atoms with E-state index in [9.17, 15) is 72.4 Å². The lowest BCUT2D eigenvalue weighted by molar-refractivity contribution is -0.140. The molecule has 0 aliphatic carbocycles. The van der Waals surface area contributed by atoms with Crippen LogP contribution in [-0.4, -0.2) is 283 Å². The molecule has 8 N–H and O–H groups in total. The Balaban J connectivity index is 1.07. The predicted molar refractivity (Wildman–Crippen MR) is 362 cm³/mol. The van der Waals surface area contributed by atoms with E-state index in [4.69, 9.17) is 4.74 Å². The third-order valence-corrected chi connectivity index (χ3v) is 18.2. The third kappa shape index (κ3) is 28.7. The monoisotopic (exact) mass is 1450 g/mol. The molecule has 3 aliphatic rings. The van der Waals surface area contributed by atoms with Gasteiger partial charge >= 0.3 is 17.9 Å². The quantitative estimate of drug-likeness (QED) is 0.0210. The number of aliphatic hydroxyl groups is 1. The number of carboxylic acid groups (broad SMARTS) is 3. The number of aliphatic hydroxyl groups excluding tert-OH is 1. The Bertz CT molecular complexity index is 2880. The minimum absolute atomic E-state index is 0.0806. The molecular weight excluding hydrogens is 1360 g/mol. The number of amides is 6. The molecule has 3 saturated heterocycles. The Morgan fingerprint density at radius 1 is 0.777 bits per heavy atom. The molecule has 3 heterocycles. The number of halogens is 3. The van der Waals surface area contributed by atoms with Crippen LogP contribution >= 0.6 is 34.4 Å². The van der Waals surface area contributed by atoms with Gasteiger partial charge in [-0.1, -0.05) is 18.2 Å². The Labute approximate surface area is 566 Å². The summed E-state index contributed by atoms with van der Waals surface area (Å²) in [6, 6.07) is 11.3. The molecule has 0 spiro atoms. The standard InChI is InChI=1S/C64H93F2IN12O14S/c1-4-50(61(90)72-38-57(83)79-44-64(65,66)36-48(79)37-68-2)51-35-49(17-18-52(51)69-3)93-33-8-10-46-19-23-78(24-20-46)63(92)54(80)43-94-34-22-71-62(91)53(11-5-6-21-70-55(81)12-7-9-45-13-15-47(67)16-14-45)73-56(82)39-74-25-27-75(40-58(84)85)29-31-77(42-60(88)89)32-30-76(28-26-74)41-59(86)87/h4,13-18,35,37,46,48,53-54,80H,3,5-12,19-34,36,38-44H2,1-2H3,(H,70,81)(H,71,91)(H,72,90)(H,73,82)(H,84,85)(H,86,87)(H,88,89)/b50-4+,68-37+/t48-,53?,54-/m1/s1. The molecule has 520 valence electrons. The van der Waals surface area contributed by atoms with E-state index in [0.717, 1.165) is 39.7 Å². The van der Waals surface area contributed by atoms with Crippen LogP contribution in [0.2, 0.25) is 0 Å². The van der Waals surface area contributed by atoms with Crippen molar-refractivity contribution in [3.63, 3.8) is 0 Å². The number of benzene rings is 2. The molecule has 0 saturated carbocycles. The summed E-state index contributed by atoms with van der Waals surface area (Å²) in [5, 5.41) is 51.1. The molecule has 30 heteroatoms. The number of carbonyl (C=O) groups excluding carboxylic acids is 6. The van der Waals surface area contributed by atoms with Gasteiger partial charge in [-0.2, -0.15) is 11.8 Å². The Hall–Kier alpha value is -6.71. The first kappa shape index (κ1) is 78.0. The van der Waals surface area contributed by atoms with Crippen molar-refractivity contribution in [2.45, 2.75) is 102 Å². The van der Waals surface area contributed by atoms with Gasteiger partial charge in [0.05, 0.1) is 57.6 Å². The fourth-order valence-electron chi connectivity index (χ4n) is 11.4. The predicted octanol–water partition coefficient (Wildman–Crippen LogP) is 2.96. The summed E-state index contributed by atoms with van der Waals surface area (Å²) in [5.41, 5.74) is 2.13. The van der Waals surface area contributed by atoms with Gasteiger partial charge in [0.2, 0.25) is 23.6 Å². The van der Waals surface area contributed by atoms with Crippen molar-refractivity contribution in [3.05, 3.63) is 63.2 Å². The second kappa shape index (κ2) is 41.3. The van der Waals surface area contributed by atoms with Gasteiger partial charge in [-0.3, -0.25) is 72.7 Å². The van der Waals surface area contributed by atoms with Gasteiger partial charge in [0.25, 0.3) is 17.7 Å². The number of carboxylic acids is 3. The number of thioether (sulfide) groups is 1. The van der Waals surface area contributed by atoms with Crippen molar-refractivity contribution in [2.75, 3.05) is 143 Å². The zero-order valence-electron chi connectivity index (χ0n) is 53.8. The van der Waals surface area contributed by atoms with Crippen molar-refractivity contribution in [1.29, 1.82) is 0 Å². The smallest absolute Gasteiger partial charge is 0.317 e. The van der Waals surface area contributed by atoms with E-state index in [1.165, 1.54) is 25.0 Å².